The van der Waals surface area contributed by atoms with Gasteiger partial charge >= 0.3 is 0 Å². The van der Waals surface area contributed by atoms with Gasteiger partial charge in [-0.2, -0.15) is 0 Å². The Labute approximate surface area is 192 Å². The van der Waals surface area contributed by atoms with Crippen molar-refractivity contribution in [2.45, 2.75) is 44.3 Å². The van der Waals surface area contributed by atoms with Crippen LogP contribution in [0.1, 0.15) is 40.6 Å². The number of halogens is 1. The number of thioether (sulfide) groups is 1. The minimum Gasteiger partial charge on any atom is -0.287 e. The molecular weight excluding hydrogens is 456 g/mol. The van der Waals surface area contributed by atoms with Gasteiger partial charge in [0.25, 0.3) is 11.5 Å². The molecule has 3 aromatic rings. The molecule has 10 heteroatoms. The maximum atomic E-state index is 13.1. The summed E-state index contributed by atoms with van der Waals surface area (Å²) in [6.45, 7) is 2.37. The number of carbonyl (C=O) groups is 2. The fourth-order valence-corrected chi connectivity index (χ4v) is 5.87. The van der Waals surface area contributed by atoms with Crippen LogP contribution < -0.4 is 16.4 Å². The first-order valence-electron chi connectivity index (χ1n) is 10.0. The molecule has 0 fully saturated rings. The average molecular weight is 477 g/mol. The molecule has 2 N–H and O–H groups in total. The van der Waals surface area contributed by atoms with Crippen molar-refractivity contribution in [2.75, 3.05) is 5.75 Å². The molecular formula is C21H21ClN4O3S2. The van der Waals surface area contributed by atoms with Gasteiger partial charge in [0.05, 0.1) is 11.1 Å². The lowest BCUT2D eigenvalue weighted by Crippen LogP contribution is -2.42. The van der Waals surface area contributed by atoms with E-state index in [9.17, 15) is 14.4 Å². The van der Waals surface area contributed by atoms with E-state index in [0.717, 1.165) is 41.5 Å². The van der Waals surface area contributed by atoms with Crippen LogP contribution >= 0.6 is 34.7 Å². The Bertz CT molecular complexity index is 1200. The fourth-order valence-electron chi connectivity index (χ4n) is 3.57. The summed E-state index contributed by atoms with van der Waals surface area (Å²) in [7, 11) is 0. The standard InChI is InChI=1S/C21H21ClN4O3S2/c1-2-26-20(29)17-14-5-3-4-6-15(14)31-19(17)23-21(26)30-11-16(27)24-25-18(28)12-7-9-13(22)10-8-12/h7-10H,2-6,11H2,1H3,(H,24,27)(H,25,28). The van der Waals surface area contributed by atoms with Gasteiger partial charge < -0.3 is 0 Å². The number of fused-ring (bicyclic) bond motifs is 3. The van der Waals surface area contributed by atoms with Crippen molar-refractivity contribution in [3.05, 3.63) is 55.6 Å². The number of hydrogen-bond acceptors (Lipinski definition) is 6. The van der Waals surface area contributed by atoms with Crippen LogP contribution in [0.5, 0.6) is 0 Å². The van der Waals surface area contributed by atoms with E-state index in [-0.39, 0.29) is 11.3 Å². The number of amides is 2. The Kier molecular flexibility index (Phi) is 6.64. The Morgan fingerprint density at radius 3 is 2.68 bits per heavy atom. The van der Waals surface area contributed by atoms with Crippen LogP contribution in [0.4, 0.5) is 0 Å². The highest BCUT2D eigenvalue weighted by molar-refractivity contribution is 7.99. The SMILES string of the molecule is CCn1c(SCC(=O)NNC(=O)c2ccc(Cl)cc2)nc2sc3c(c2c1=O)CCCC3. The minimum absolute atomic E-state index is 0.0178. The maximum Gasteiger partial charge on any atom is 0.269 e. The summed E-state index contributed by atoms with van der Waals surface area (Å²) >= 11 is 8.58. The molecule has 2 aromatic heterocycles. The molecule has 0 bridgehead atoms. The largest absolute Gasteiger partial charge is 0.287 e. The van der Waals surface area contributed by atoms with Gasteiger partial charge in [0, 0.05) is 22.0 Å². The second-order valence-electron chi connectivity index (χ2n) is 7.13. The Morgan fingerprint density at radius 2 is 1.94 bits per heavy atom. The van der Waals surface area contributed by atoms with E-state index in [0.29, 0.717) is 22.3 Å². The highest BCUT2D eigenvalue weighted by Crippen LogP contribution is 2.34. The number of benzene rings is 1. The Hall–Kier alpha value is -2.36. The van der Waals surface area contributed by atoms with Crippen molar-refractivity contribution >= 4 is 56.7 Å². The van der Waals surface area contributed by atoms with E-state index in [2.05, 4.69) is 10.9 Å². The van der Waals surface area contributed by atoms with E-state index in [4.69, 9.17) is 16.6 Å². The average Bonchev–Trinajstić information content (AvgIpc) is 3.15. The zero-order chi connectivity index (χ0) is 22.0. The fraction of sp³-hybridized carbons (Fsp3) is 0.333. The number of thiophene rings is 1. The van der Waals surface area contributed by atoms with Crippen LogP contribution in [0, 0.1) is 0 Å². The second kappa shape index (κ2) is 9.42. The van der Waals surface area contributed by atoms with Gasteiger partial charge in [-0.25, -0.2) is 4.98 Å². The molecule has 4 rings (SSSR count). The lowest BCUT2D eigenvalue weighted by atomic mass is 9.97. The highest BCUT2D eigenvalue weighted by atomic mass is 35.5. The summed E-state index contributed by atoms with van der Waals surface area (Å²) < 4.78 is 1.62. The molecule has 7 nitrogen and oxygen atoms in total. The van der Waals surface area contributed by atoms with Gasteiger partial charge in [0.15, 0.2) is 5.16 Å². The summed E-state index contributed by atoms with van der Waals surface area (Å²) in [5.74, 6) is -0.816. The molecule has 2 amide bonds. The van der Waals surface area contributed by atoms with Crippen LogP contribution in [0.15, 0.2) is 34.2 Å². The van der Waals surface area contributed by atoms with Crippen molar-refractivity contribution in [1.29, 1.82) is 0 Å². The number of nitrogens with zero attached hydrogens (tertiary/aromatic N) is 2. The third kappa shape index (κ3) is 4.63. The van der Waals surface area contributed by atoms with Crippen molar-refractivity contribution in [3.63, 3.8) is 0 Å². The number of hydrazine groups is 1. The maximum absolute atomic E-state index is 13.1. The lowest BCUT2D eigenvalue weighted by Gasteiger charge is -2.12. The van der Waals surface area contributed by atoms with E-state index < -0.39 is 11.8 Å². The molecule has 31 heavy (non-hydrogen) atoms. The summed E-state index contributed by atoms with van der Waals surface area (Å²) in [4.78, 5) is 44.1. The van der Waals surface area contributed by atoms with E-state index in [1.54, 1.807) is 40.2 Å². The smallest absolute Gasteiger partial charge is 0.269 e. The minimum atomic E-state index is -0.441. The Balaban J connectivity index is 1.44. The van der Waals surface area contributed by atoms with Gasteiger partial charge in [-0.1, -0.05) is 23.4 Å². The van der Waals surface area contributed by atoms with Gasteiger partial charge in [0.2, 0.25) is 5.91 Å². The monoisotopic (exact) mass is 476 g/mol. The Morgan fingerprint density at radius 1 is 1.19 bits per heavy atom. The molecule has 0 spiro atoms. The molecule has 1 aromatic carbocycles. The van der Waals surface area contributed by atoms with Crippen LogP contribution in [-0.2, 0) is 24.2 Å². The van der Waals surface area contributed by atoms with Crippen LogP contribution in [0.2, 0.25) is 5.02 Å². The van der Waals surface area contributed by atoms with Crippen LogP contribution in [0.25, 0.3) is 10.2 Å². The first-order chi connectivity index (χ1) is 15.0. The normalized spacial score (nSPS) is 13.1. The summed E-state index contributed by atoms with van der Waals surface area (Å²) in [5.41, 5.74) is 6.27. The van der Waals surface area contributed by atoms with Crippen LogP contribution in [-0.4, -0.2) is 27.1 Å². The molecule has 0 saturated carbocycles. The number of aromatic nitrogens is 2. The second-order valence-corrected chi connectivity index (χ2v) is 9.60. The number of carbonyl (C=O) groups excluding carboxylic acids is 2. The number of nitrogens with one attached hydrogen (secondary N) is 2. The first kappa shape index (κ1) is 21.9. The van der Waals surface area contributed by atoms with E-state index >= 15 is 0 Å². The van der Waals surface area contributed by atoms with E-state index in [1.807, 2.05) is 6.92 Å². The summed E-state index contributed by atoms with van der Waals surface area (Å²) in [6.07, 6.45) is 4.17. The number of rotatable bonds is 5. The van der Waals surface area contributed by atoms with Crippen LogP contribution in [0.3, 0.4) is 0 Å². The molecule has 1 aliphatic carbocycles. The molecule has 162 valence electrons. The predicted molar refractivity (Wildman–Crippen MR) is 124 cm³/mol. The van der Waals surface area contributed by atoms with Crippen molar-refractivity contribution in [1.82, 2.24) is 20.4 Å². The third-order valence-electron chi connectivity index (χ3n) is 5.11. The molecule has 2 heterocycles. The molecule has 0 saturated heterocycles. The topological polar surface area (TPSA) is 93.1 Å². The summed E-state index contributed by atoms with van der Waals surface area (Å²) in [6, 6.07) is 6.33. The van der Waals surface area contributed by atoms with Gasteiger partial charge in [-0.3, -0.25) is 29.8 Å². The van der Waals surface area contributed by atoms with Gasteiger partial charge in [0.1, 0.15) is 4.83 Å². The zero-order valence-corrected chi connectivity index (χ0v) is 19.3. The number of aryl methyl sites for hydroxylation is 2. The van der Waals surface area contributed by atoms with Crippen molar-refractivity contribution < 1.29 is 9.59 Å². The zero-order valence-electron chi connectivity index (χ0n) is 16.9. The molecule has 0 atom stereocenters. The molecule has 0 aliphatic heterocycles. The molecule has 0 radical (unpaired) electrons. The lowest BCUT2D eigenvalue weighted by molar-refractivity contribution is -0.119. The van der Waals surface area contributed by atoms with Crippen molar-refractivity contribution in [2.24, 2.45) is 0 Å². The first-order valence-corrected chi connectivity index (χ1v) is 12.2. The van der Waals surface area contributed by atoms with E-state index in [1.165, 1.54) is 16.6 Å². The highest BCUT2D eigenvalue weighted by Gasteiger charge is 2.22. The van der Waals surface area contributed by atoms with Crippen molar-refractivity contribution in [3.8, 4) is 0 Å². The third-order valence-corrected chi connectivity index (χ3v) is 7.52. The van der Waals surface area contributed by atoms with Gasteiger partial charge in [-0.05, 0) is 62.4 Å². The molecule has 1 aliphatic rings. The quantitative estimate of drug-likeness (QED) is 0.333. The summed E-state index contributed by atoms with van der Waals surface area (Å²) in [5, 5.41) is 1.78. The predicted octanol–water partition coefficient (Wildman–Crippen LogP) is 3.56. The molecule has 0 unspecified atom stereocenters. The number of hydrogen-bond donors (Lipinski definition) is 2. The van der Waals surface area contributed by atoms with Gasteiger partial charge in [-0.15, -0.1) is 11.3 Å².